The predicted molar refractivity (Wildman–Crippen MR) is 58.1 cm³/mol. The fourth-order valence-electron chi connectivity index (χ4n) is 1.42. The van der Waals surface area contributed by atoms with Crippen molar-refractivity contribution in [1.29, 1.82) is 0 Å². The summed E-state index contributed by atoms with van der Waals surface area (Å²) in [7, 11) is 0. The molecule has 6 heteroatoms. The molecule has 0 amide bonds. The first-order chi connectivity index (χ1) is 7.59. The number of halogens is 1. The van der Waals surface area contributed by atoms with Crippen LogP contribution in [0.1, 0.15) is 16.1 Å². The Bertz CT molecular complexity index is 551. The van der Waals surface area contributed by atoms with Crippen molar-refractivity contribution in [2.75, 3.05) is 0 Å². The summed E-state index contributed by atoms with van der Waals surface area (Å²) >= 11 is 5.82. The van der Waals surface area contributed by atoms with E-state index in [0.717, 1.165) is 5.56 Å². The highest BCUT2D eigenvalue weighted by molar-refractivity contribution is 6.30. The van der Waals surface area contributed by atoms with E-state index in [2.05, 4.69) is 10.3 Å². The number of aromatic nitrogens is 3. The molecule has 0 aliphatic rings. The molecule has 1 heterocycles. The first-order valence-corrected chi connectivity index (χ1v) is 4.88. The highest BCUT2D eigenvalue weighted by Crippen LogP contribution is 2.19. The summed E-state index contributed by atoms with van der Waals surface area (Å²) in [6.07, 6.45) is 1.20. The summed E-state index contributed by atoms with van der Waals surface area (Å²) in [6, 6.07) is 5.13. The van der Waals surface area contributed by atoms with Gasteiger partial charge in [-0.2, -0.15) is 0 Å². The third kappa shape index (κ3) is 1.77. The topological polar surface area (TPSA) is 68.0 Å². The van der Waals surface area contributed by atoms with Gasteiger partial charge in [0.2, 0.25) is 0 Å². The maximum Gasteiger partial charge on any atom is 0.356 e. The Morgan fingerprint density at radius 2 is 2.25 bits per heavy atom. The second-order valence-electron chi connectivity index (χ2n) is 3.27. The highest BCUT2D eigenvalue weighted by Gasteiger charge is 2.14. The molecule has 0 unspecified atom stereocenters. The molecule has 0 spiro atoms. The number of aryl methyl sites for hydroxylation is 1. The van der Waals surface area contributed by atoms with Crippen LogP contribution in [0.15, 0.2) is 24.4 Å². The minimum Gasteiger partial charge on any atom is -0.476 e. The van der Waals surface area contributed by atoms with Crippen molar-refractivity contribution in [3.63, 3.8) is 0 Å². The van der Waals surface area contributed by atoms with Gasteiger partial charge in [0.25, 0.3) is 0 Å². The van der Waals surface area contributed by atoms with Gasteiger partial charge in [0.05, 0.1) is 11.9 Å². The van der Waals surface area contributed by atoms with Crippen molar-refractivity contribution in [3.05, 3.63) is 40.7 Å². The van der Waals surface area contributed by atoms with Crippen LogP contribution < -0.4 is 0 Å². The lowest BCUT2D eigenvalue weighted by molar-refractivity contribution is 0.0687. The number of aromatic carboxylic acids is 1. The average molecular weight is 238 g/mol. The van der Waals surface area contributed by atoms with Crippen LogP contribution in [0.2, 0.25) is 5.02 Å². The van der Waals surface area contributed by atoms with Gasteiger partial charge < -0.3 is 5.11 Å². The van der Waals surface area contributed by atoms with Crippen LogP contribution >= 0.6 is 11.6 Å². The first kappa shape index (κ1) is 10.6. The number of hydrogen-bond donors (Lipinski definition) is 1. The number of carbonyl (C=O) groups is 1. The van der Waals surface area contributed by atoms with Gasteiger partial charge in [0.15, 0.2) is 5.69 Å². The third-order valence-electron chi connectivity index (χ3n) is 2.16. The molecule has 0 radical (unpaired) electrons. The standard InChI is InChI=1S/C10H8ClN3O2/c1-6-4-7(11)2-3-8(6)14-9(10(15)16)5-12-13-14/h2-5H,1H3,(H,15,16). The Morgan fingerprint density at radius 1 is 1.50 bits per heavy atom. The molecule has 0 atom stereocenters. The van der Waals surface area contributed by atoms with E-state index < -0.39 is 5.97 Å². The van der Waals surface area contributed by atoms with Crippen LogP contribution in [0, 0.1) is 6.92 Å². The molecule has 1 aromatic carbocycles. The molecular weight excluding hydrogens is 230 g/mol. The van der Waals surface area contributed by atoms with E-state index in [0.29, 0.717) is 10.7 Å². The van der Waals surface area contributed by atoms with E-state index >= 15 is 0 Å². The van der Waals surface area contributed by atoms with Crippen molar-refractivity contribution >= 4 is 17.6 Å². The molecule has 0 aliphatic heterocycles. The van der Waals surface area contributed by atoms with Crippen LogP contribution in [0.5, 0.6) is 0 Å². The molecule has 0 aliphatic carbocycles. The molecule has 5 nitrogen and oxygen atoms in total. The average Bonchev–Trinajstić information content (AvgIpc) is 2.66. The van der Waals surface area contributed by atoms with Gasteiger partial charge >= 0.3 is 5.97 Å². The maximum atomic E-state index is 10.9. The van der Waals surface area contributed by atoms with Crippen LogP contribution in [-0.4, -0.2) is 26.1 Å². The summed E-state index contributed by atoms with van der Waals surface area (Å²) in [5, 5.41) is 16.9. The van der Waals surface area contributed by atoms with Gasteiger partial charge in [0, 0.05) is 5.02 Å². The van der Waals surface area contributed by atoms with E-state index in [1.165, 1.54) is 10.9 Å². The number of hydrogen-bond acceptors (Lipinski definition) is 3. The Morgan fingerprint density at radius 3 is 2.88 bits per heavy atom. The van der Waals surface area contributed by atoms with Crippen molar-refractivity contribution in [2.45, 2.75) is 6.92 Å². The quantitative estimate of drug-likeness (QED) is 0.867. The lowest BCUT2D eigenvalue weighted by Crippen LogP contribution is -2.09. The van der Waals surface area contributed by atoms with Crippen LogP contribution in [0.4, 0.5) is 0 Å². The fourth-order valence-corrected chi connectivity index (χ4v) is 1.64. The smallest absolute Gasteiger partial charge is 0.356 e. The van der Waals surface area contributed by atoms with Crippen molar-refractivity contribution < 1.29 is 9.90 Å². The van der Waals surface area contributed by atoms with Gasteiger partial charge in [0.1, 0.15) is 0 Å². The van der Waals surface area contributed by atoms with Crippen molar-refractivity contribution in [2.24, 2.45) is 0 Å². The summed E-state index contributed by atoms with van der Waals surface area (Å²) < 4.78 is 1.27. The molecule has 0 saturated carbocycles. The van der Waals surface area contributed by atoms with E-state index in [4.69, 9.17) is 16.7 Å². The van der Waals surface area contributed by atoms with E-state index in [1.807, 2.05) is 6.92 Å². The Kier molecular flexibility index (Phi) is 2.62. The highest BCUT2D eigenvalue weighted by atomic mass is 35.5. The normalized spacial score (nSPS) is 10.4. The SMILES string of the molecule is Cc1cc(Cl)ccc1-n1nncc1C(=O)O. The number of rotatable bonds is 2. The molecule has 0 saturated heterocycles. The molecule has 2 aromatic rings. The second kappa shape index (κ2) is 3.94. The molecule has 0 fully saturated rings. The molecule has 1 N–H and O–H groups in total. The van der Waals surface area contributed by atoms with Gasteiger partial charge in [-0.3, -0.25) is 0 Å². The maximum absolute atomic E-state index is 10.9. The second-order valence-corrected chi connectivity index (χ2v) is 3.70. The summed E-state index contributed by atoms with van der Waals surface area (Å²) in [5.41, 5.74) is 1.50. The minimum absolute atomic E-state index is 0.0189. The molecule has 2 rings (SSSR count). The van der Waals surface area contributed by atoms with E-state index in [1.54, 1.807) is 18.2 Å². The van der Waals surface area contributed by atoms with Gasteiger partial charge in [-0.15, -0.1) is 5.10 Å². The Labute approximate surface area is 96.3 Å². The summed E-state index contributed by atoms with van der Waals surface area (Å²) in [5.74, 6) is -1.07. The van der Waals surface area contributed by atoms with Gasteiger partial charge in [-0.25, -0.2) is 9.48 Å². The molecule has 16 heavy (non-hydrogen) atoms. The van der Waals surface area contributed by atoms with E-state index in [-0.39, 0.29) is 5.69 Å². The number of benzene rings is 1. The lowest BCUT2D eigenvalue weighted by atomic mass is 10.2. The number of carboxylic acid groups (broad SMARTS) is 1. The zero-order valence-corrected chi connectivity index (χ0v) is 9.14. The largest absolute Gasteiger partial charge is 0.476 e. The van der Waals surface area contributed by atoms with Gasteiger partial charge in [-0.1, -0.05) is 16.8 Å². The molecular formula is C10H8ClN3O2. The third-order valence-corrected chi connectivity index (χ3v) is 2.39. The lowest BCUT2D eigenvalue weighted by Gasteiger charge is -2.06. The monoisotopic (exact) mass is 237 g/mol. The summed E-state index contributed by atoms with van der Waals surface area (Å²) in [4.78, 5) is 10.9. The fraction of sp³-hybridized carbons (Fsp3) is 0.100. The number of nitrogens with zero attached hydrogens (tertiary/aromatic N) is 3. The van der Waals surface area contributed by atoms with Crippen molar-refractivity contribution in [3.8, 4) is 5.69 Å². The van der Waals surface area contributed by atoms with Crippen molar-refractivity contribution in [1.82, 2.24) is 15.0 Å². The van der Waals surface area contributed by atoms with Crippen LogP contribution in [0.25, 0.3) is 5.69 Å². The molecule has 0 bridgehead atoms. The zero-order valence-electron chi connectivity index (χ0n) is 8.38. The van der Waals surface area contributed by atoms with Crippen LogP contribution in [0.3, 0.4) is 0 Å². The Balaban J connectivity index is 2.59. The zero-order chi connectivity index (χ0) is 11.7. The molecule has 82 valence electrons. The predicted octanol–water partition coefficient (Wildman–Crippen LogP) is 1.93. The van der Waals surface area contributed by atoms with Gasteiger partial charge in [-0.05, 0) is 30.7 Å². The minimum atomic E-state index is -1.07. The number of carboxylic acids is 1. The summed E-state index contributed by atoms with van der Waals surface area (Å²) in [6.45, 7) is 1.83. The van der Waals surface area contributed by atoms with E-state index in [9.17, 15) is 4.79 Å². The Hall–Kier alpha value is -1.88. The first-order valence-electron chi connectivity index (χ1n) is 4.50. The molecule has 1 aromatic heterocycles. The van der Waals surface area contributed by atoms with Crippen LogP contribution in [-0.2, 0) is 0 Å².